The second kappa shape index (κ2) is 4.43. The summed E-state index contributed by atoms with van der Waals surface area (Å²) >= 11 is 0. The zero-order chi connectivity index (χ0) is 11.7. The van der Waals surface area contributed by atoms with Crippen LogP contribution in [0.4, 0.5) is 0 Å². The molecule has 2 nitrogen and oxygen atoms in total. The van der Waals surface area contributed by atoms with E-state index in [2.05, 4.69) is 36.5 Å². The summed E-state index contributed by atoms with van der Waals surface area (Å²) in [6.45, 7) is 4.16. The van der Waals surface area contributed by atoms with Crippen LogP contribution < -0.4 is 5.32 Å². The van der Waals surface area contributed by atoms with E-state index < -0.39 is 0 Å². The van der Waals surface area contributed by atoms with E-state index in [0.717, 1.165) is 38.8 Å². The standard InChI is InChI=1S/C15H21NO/c1-2-16-14-7-8-17-15(11-14)9-12-5-3-4-6-13(12)10-15/h3-6,14,16H,2,7-11H2,1H3. The van der Waals surface area contributed by atoms with Crippen molar-refractivity contribution in [3.8, 4) is 0 Å². The number of benzene rings is 1. The van der Waals surface area contributed by atoms with E-state index in [1.54, 1.807) is 0 Å². The van der Waals surface area contributed by atoms with E-state index in [-0.39, 0.29) is 5.60 Å². The third kappa shape index (κ3) is 2.12. The quantitative estimate of drug-likeness (QED) is 0.843. The fourth-order valence-corrected chi connectivity index (χ4v) is 3.40. The second-order valence-corrected chi connectivity index (χ2v) is 5.40. The Morgan fingerprint density at radius 2 is 2.00 bits per heavy atom. The molecule has 17 heavy (non-hydrogen) atoms. The van der Waals surface area contributed by atoms with Gasteiger partial charge in [-0.25, -0.2) is 0 Å². The molecule has 2 heteroatoms. The molecule has 3 rings (SSSR count). The van der Waals surface area contributed by atoms with E-state index in [1.807, 2.05) is 0 Å². The van der Waals surface area contributed by atoms with Gasteiger partial charge < -0.3 is 10.1 Å². The summed E-state index contributed by atoms with van der Waals surface area (Å²) in [6.07, 6.45) is 4.53. The molecular weight excluding hydrogens is 210 g/mol. The summed E-state index contributed by atoms with van der Waals surface area (Å²) in [7, 11) is 0. The lowest BCUT2D eigenvalue weighted by Gasteiger charge is -2.38. The van der Waals surface area contributed by atoms with Crippen LogP contribution in [0.25, 0.3) is 0 Å². The monoisotopic (exact) mass is 231 g/mol. The van der Waals surface area contributed by atoms with Gasteiger partial charge in [0.05, 0.1) is 5.60 Å². The topological polar surface area (TPSA) is 21.3 Å². The van der Waals surface area contributed by atoms with Crippen molar-refractivity contribution in [2.75, 3.05) is 13.2 Å². The van der Waals surface area contributed by atoms with Crippen LogP contribution in [0.2, 0.25) is 0 Å². The number of nitrogens with one attached hydrogen (secondary N) is 1. The molecule has 1 saturated heterocycles. The molecule has 1 unspecified atom stereocenters. The van der Waals surface area contributed by atoms with Crippen molar-refractivity contribution < 1.29 is 4.74 Å². The third-order valence-corrected chi connectivity index (χ3v) is 4.13. The van der Waals surface area contributed by atoms with Gasteiger partial charge in [-0.2, -0.15) is 0 Å². The van der Waals surface area contributed by atoms with Gasteiger partial charge in [0, 0.05) is 25.5 Å². The third-order valence-electron chi connectivity index (χ3n) is 4.13. The molecule has 92 valence electrons. The van der Waals surface area contributed by atoms with Crippen LogP contribution in [0.5, 0.6) is 0 Å². The summed E-state index contributed by atoms with van der Waals surface area (Å²) < 4.78 is 6.15. The van der Waals surface area contributed by atoms with Gasteiger partial charge in [-0.15, -0.1) is 0 Å². The summed E-state index contributed by atoms with van der Waals surface area (Å²) in [4.78, 5) is 0. The lowest BCUT2D eigenvalue weighted by atomic mass is 9.87. The maximum absolute atomic E-state index is 6.15. The minimum Gasteiger partial charge on any atom is -0.374 e. The van der Waals surface area contributed by atoms with Gasteiger partial charge in [-0.05, 0) is 30.5 Å². The van der Waals surface area contributed by atoms with Crippen molar-refractivity contribution in [2.24, 2.45) is 0 Å². The van der Waals surface area contributed by atoms with Crippen molar-refractivity contribution >= 4 is 0 Å². The summed E-state index contributed by atoms with van der Waals surface area (Å²) in [5.74, 6) is 0. The van der Waals surface area contributed by atoms with Gasteiger partial charge in [0.2, 0.25) is 0 Å². The molecule has 2 aliphatic rings. The molecular formula is C15H21NO. The lowest BCUT2D eigenvalue weighted by Crippen LogP contribution is -2.47. The van der Waals surface area contributed by atoms with E-state index in [4.69, 9.17) is 4.74 Å². The Labute approximate surface area is 103 Å². The van der Waals surface area contributed by atoms with Crippen LogP contribution in [-0.2, 0) is 17.6 Å². The van der Waals surface area contributed by atoms with E-state index in [0.29, 0.717) is 6.04 Å². The molecule has 1 spiro atoms. The van der Waals surface area contributed by atoms with Crippen molar-refractivity contribution in [3.05, 3.63) is 35.4 Å². The van der Waals surface area contributed by atoms with Gasteiger partial charge >= 0.3 is 0 Å². The molecule has 1 heterocycles. The molecule has 1 N–H and O–H groups in total. The van der Waals surface area contributed by atoms with Crippen molar-refractivity contribution in [2.45, 2.75) is 44.2 Å². The molecule has 0 radical (unpaired) electrons. The maximum Gasteiger partial charge on any atom is 0.0777 e. The highest BCUT2D eigenvalue weighted by Crippen LogP contribution is 2.38. The first-order valence-corrected chi connectivity index (χ1v) is 6.75. The van der Waals surface area contributed by atoms with Crippen LogP contribution in [0.15, 0.2) is 24.3 Å². The molecule has 1 aromatic rings. The molecule has 0 amide bonds. The smallest absolute Gasteiger partial charge is 0.0777 e. The molecule has 0 bridgehead atoms. The van der Waals surface area contributed by atoms with E-state index in [9.17, 15) is 0 Å². The van der Waals surface area contributed by atoms with Gasteiger partial charge in [-0.1, -0.05) is 31.2 Å². The number of rotatable bonds is 2. The van der Waals surface area contributed by atoms with Gasteiger partial charge in [-0.3, -0.25) is 0 Å². The molecule has 0 aromatic heterocycles. The molecule has 1 aromatic carbocycles. The van der Waals surface area contributed by atoms with Gasteiger partial charge in [0.25, 0.3) is 0 Å². The fourth-order valence-electron chi connectivity index (χ4n) is 3.40. The van der Waals surface area contributed by atoms with E-state index in [1.165, 1.54) is 11.1 Å². The Kier molecular flexibility index (Phi) is 2.93. The first kappa shape index (κ1) is 11.2. The van der Waals surface area contributed by atoms with Crippen molar-refractivity contribution in [1.82, 2.24) is 5.32 Å². The zero-order valence-electron chi connectivity index (χ0n) is 10.5. The highest BCUT2D eigenvalue weighted by molar-refractivity contribution is 5.35. The van der Waals surface area contributed by atoms with Crippen molar-refractivity contribution in [1.29, 1.82) is 0 Å². The minimum atomic E-state index is 0.0920. The van der Waals surface area contributed by atoms with Crippen LogP contribution in [-0.4, -0.2) is 24.8 Å². The Morgan fingerprint density at radius 3 is 2.65 bits per heavy atom. The lowest BCUT2D eigenvalue weighted by molar-refractivity contribution is -0.0811. The van der Waals surface area contributed by atoms with Crippen LogP contribution in [0.3, 0.4) is 0 Å². The van der Waals surface area contributed by atoms with Gasteiger partial charge in [0.15, 0.2) is 0 Å². The Hall–Kier alpha value is -0.860. The predicted octanol–water partition coefficient (Wildman–Crippen LogP) is 2.31. The number of hydrogen-bond donors (Lipinski definition) is 1. The Bertz CT molecular complexity index is 375. The first-order valence-electron chi connectivity index (χ1n) is 6.75. The SMILES string of the molecule is CCNC1CCOC2(Cc3ccccc3C2)C1. The highest BCUT2D eigenvalue weighted by atomic mass is 16.5. The zero-order valence-corrected chi connectivity index (χ0v) is 10.5. The average molecular weight is 231 g/mol. The van der Waals surface area contributed by atoms with E-state index >= 15 is 0 Å². The molecule has 1 fully saturated rings. The second-order valence-electron chi connectivity index (χ2n) is 5.40. The number of hydrogen-bond acceptors (Lipinski definition) is 2. The first-order chi connectivity index (χ1) is 8.31. The summed E-state index contributed by atoms with van der Waals surface area (Å²) in [5.41, 5.74) is 3.07. The molecule has 1 atom stereocenters. The van der Waals surface area contributed by atoms with Crippen molar-refractivity contribution in [3.63, 3.8) is 0 Å². The fraction of sp³-hybridized carbons (Fsp3) is 0.600. The predicted molar refractivity (Wildman–Crippen MR) is 69.2 cm³/mol. The summed E-state index contributed by atoms with van der Waals surface area (Å²) in [5, 5.41) is 3.58. The van der Waals surface area contributed by atoms with Crippen LogP contribution in [0.1, 0.15) is 30.9 Å². The molecule has 0 saturated carbocycles. The number of ether oxygens (including phenoxy) is 1. The highest BCUT2D eigenvalue weighted by Gasteiger charge is 2.42. The Balaban J connectivity index is 1.76. The number of fused-ring (bicyclic) bond motifs is 1. The normalized spacial score (nSPS) is 26.1. The van der Waals surface area contributed by atoms with Gasteiger partial charge in [0.1, 0.15) is 0 Å². The maximum atomic E-state index is 6.15. The average Bonchev–Trinajstić information content (AvgIpc) is 2.66. The Morgan fingerprint density at radius 1 is 1.29 bits per heavy atom. The molecule has 1 aliphatic carbocycles. The summed E-state index contributed by atoms with van der Waals surface area (Å²) in [6, 6.07) is 9.43. The van der Waals surface area contributed by atoms with Crippen LogP contribution in [0, 0.1) is 0 Å². The van der Waals surface area contributed by atoms with Crippen LogP contribution >= 0.6 is 0 Å². The molecule has 1 aliphatic heterocycles. The largest absolute Gasteiger partial charge is 0.374 e. The minimum absolute atomic E-state index is 0.0920.